The van der Waals surface area contributed by atoms with Crippen LogP contribution in [-0.4, -0.2) is 30.5 Å². The molecule has 1 atom stereocenters. The minimum Gasteiger partial charge on any atom is -0.480 e. The van der Waals surface area contributed by atoms with E-state index in [1.807, 2.05) is 0 Å². The summed E-state index contributed by atoms with van der Waals surface area (Å²) in [5.74, 6) is -1.37. The van der Waals surface area contributed by atoms with Crippen molar-refractivity contribution < 1.29 is 23.2 Å². The zero-order valence-corrected chi connectivity index (χ0v) is 14.3. The maximum Gasteiger partial charge on any atom is 0.327 e. The summed E-state index contributed by atoms with van der Waals surface area (Å²) >= 11 is 0. The van der Waals surface area contributed by atoms with E-state index in [1.54, 1.807) is 19.1 Å². The number of para-hydroxylation sites is 1. The molecule has 0 aromatic heterocycles. The van der Waals surface area contributed by atoms with Crippen LogP contribution in [0.5, 0.6) is 0 Å². The molecule has 2 rings (SSSR count). The van der Waals surface area contributed by atoms with Gasteiger partial charge in [-0.25, -0.2) is 13.2 Å². The van der Waals surface area contributed by atoms with Crippen LogP contribution in [0, 0.1) is 17.0 Å². The predicted octanol–water partition coefficient (Wildman–Crippen LogP) is 2.57. The molecule has 0 aliphatic heterocycles. The van der Waals surface area contributed by atoms with Gasteiger partial charge < -0.3 is 5.11 Å². The SMILES string of the molecule is Cc1cccc(N(C(C)C(=O)O)S(=O)(=O)c2ccccc2[N+](=O)[O-])c1. The second-order valence-electron chi connectivity index (χ2n) is 5.38. The Labute approximate surface area is 144 Å². The molecule has 0 saturated heterocycles. The van der Waals surface area contributed by atoms with E-state index in [2.05, 4.69) is 0 Å². The molecule has 0 heterocycles. The molecule has 0 radical (unpaired) electrons. The van der Waals surface area contributed by atoms with Crippen LogP contribution < -0.4 is 4.31 Å². The molecule has 8 nitrogen and oxygen atoms in total. The number of benzene rings is 2. The lowest BCUT2D eigenvalue weighted by Gasteiger charge is -2.28. The van der Waals surface area contributed by atoms with E-state index in [0.29, 0.717) is 4.31 Å². The summed E-state index contributed by atoms with van der Waals surface area (Å²) in [6, 6.07) is 9.65. The fraction of sp³-hybridized carbons (Fsp3) is 0.188. The Morgan fingerprint density at radius 1 is 1.20 bits per heavy atom. The second kappa shape index (κ2) is 6.89. The van der Waals surface area contributed by atoms with Gasteiger partial charge in [-0.2, -0.15) is 0 Å². The topological polar surface area (TPSA) is 118 Å². The number of aliphatic carboxylic acids is 1. The van der Waals surface area contributed by atoms with Crippen LogP contribution in [0.2, 0.25) is 0 Å². The Balaban J connectivity index is 2.73. The van der Waals surface area contributed by atoms with Gasteiger partial charge in [-0.15, -0.1) is 0 Å². The Morgan fingerprint density at radius 3 is 2.40 bits per heavy atom. The fourth-order valence-corrected chi connectivity index (χ4v) is 4.13. The van der Waals surface area contributed by atoms with E-state index in [9.17, 15) is 28.4 Å². The summed E-state index contributed by atoms with van der Waals surface area (Å²) in [7, 11) is -4.48. The minimum absolute atomic E-state index is 0.119. The zero-order chi connectivity index (χ0) is 18.8. The number of carboxylic acid groups (broad SMARTS) is 1. The Hall–Kier alpha value is -2.94. The van der Waals surface area contributed by atoms with Gasteiger partial charge in [-0.1, -0.05) is 24.3 Å². The Morgan fingerprint density at radius 2 is 1.84 bits per heavy atom. The molecule has 0 amide bonds. The lowest BCUT2D eigenvalue weighted by Crippen LogP contribution is -2.43. The number of nitrogens with zero attached hydrogens (tertiary/aromatic N) is 2. The number of nitro benzene ring substituents is 1. The molecule has 1 N–H and O–H groups in total. The molecule has 0 fully saturated rings. The normalized spacial score (nSPS) is 12.4. The highest BCUT2D eigenvalue weighted by Crippen LogP contribution is 2.31. The van der Waals surface area contributed by atoms with E-state index in [0.717, 1.165) is 17.7 Å². The van der Waals surface area contributed by atoms with E-state index in [1.165, 1.54) is 31.2 Å². The number of nitro groups is 1. The van der Waals surface area contributed by atoms with E-state index < -0.39 is 37.5 Å². The van der Waals surface area contributed by atoms with E-state index in [4.69, 9.17) is 0 Å². The number of carboxylic acids is 1. The standard InChI is InChI=1S/C16H16N2O6S/c1-11-6-5-7-13(10-11)17(12(2)16(19)20)25(23,24)15-9-4-3-8-14(15)18(21)22/h3-10,12H,1-2H3,(H,19,20). The Kier molecular flexibility index (Phi) is 5.07. The molecule has 9 heteroatoms. The third-order valence-corrected chi connectivity index (χ3v) is 5.51. The maximum atomic E-state index is 13.1. The van der Waals surface area contributed by atoms with Gasteiger partial charge in [0.25, 0.3) is 15.7 Å². The third kappa shape index (κ3) is 3.61. The molecular weight excluding hydrogens is 348 g/mol. The molecule has 1 unspecified atom stereocenters. The van der Waals surface area contributed by atoms with Crippen LogP contribution in [0.15, 0.2) is 53.4 Å². The molecule has 132 valence electrons. The lowest BCUT2D eigenvalue weighted by atomic mass is 10.2. The molecule has 0 spiro atoms. The molecule has 0 aliphatic rings. The van der Waals surface area contributed by atoms with Crippen molar-refractivity contribution in [2.45, 2.75) is 24.8 Å². The number of rotatable bonds is 6. The Bertz CT molecular complexity index is 926. The van der Waals surface area contributed by atoms with Crippen LogP contribution in [0.1, 0.15) is 12.5 Å². The highest BCUT2D eigenvalue weighted by atomic mass is 32.2. The van der Waals surface area contributed by atoms with Crippen molar-refractivity contribution in [1.29, 1.82) is 0 Å². The first kappa shape index (κ1) is 18.4. The van der Waals surface area contributed by atoms with E-state index in [-0.39, 0.29) is 5.69 Å². The maximum absolute atomic E-state index is 13.1. The lowest BCUT2D eigenvalue weighted by molar-refractivity contribution is -0.387. The summed E-state index contributed by atoms with van der Waals surface area (Å²) < 4.78 is 26.8. The molecular formula is C16H16N2O6S. The van der Waals surface area contributed by atoms with Crippen molar-refractivity contribution >= 4 is 27.4 Å². The molecule has 25 heavy (non-hydrogen) atoms. The highest BCUT2D eigenvalue weighted by Gasteiger charge is 2.37. The summed E-state index contributed by atoms with van der Waals surface area (Å²) in [6.45, 7) is 2.93. The molecule has 0 aliphatic carbocycles. The smallest absolute Gasteiger partial charge is 0.327 e. The van der Waals surface area contributed by atoms with Crippen LogP contribution in [0.3, 0.4) is 0 Å². The zero-order valence-electron chi connectivity index (χ0n) is 13.5. The van der Waals surface area contributed by atoms with Crippen LogP contribution >= 0.6 is 0 Å². The van der Waals surface area contributed by atoms with Crippen molar-refractivity contribution in [2.75, 3.05) is 4.31 Å². The van der Waals surface area contributed by atoms with Crippen molar-refractivity contribution in [3.8, 4) is 0 Å². The summed E-state index contributed by atoms with van der Waals surface area (Å²) in [5, 5.41) is 20.5. The predicted molar refractivity (Wildman–Crippen MR) is 91.0 cm³/mol. The van der Waals surface area contributed by atoms with Crippen molar-refractivity contribution in [3.63, 3.8) is 0 Å². The minimum atomic E-state index is -4.48. The van der Waals surface area contributed by atoms with Crippen molar-refractivity contribution in [3.05, 3.63) is 64.2 Å². The van der Waals surface area contributed by atoms with Gasteiger partial charge in [0.15, 0.2) is 4.90 Å². The molecule has 0 saturated carbocycles. The summed E-state index contributed by atoms with van der Waals surface area (Å²) in [5.41, 5.74) is 0.226. The van der Waals surface area contributed by atoms with Crippen molar-refractivity contribution in [1.82, 2.24) is 0 Å². The monoisotopic (exact) mass is 364 g/mol. The number of hydrogen-bond donors (Lipinski definition) is 1. The number of aryl methyl sites for hydroxylation is 1. The van der Waals surface area contributed by atoms with Crippen LogP contribution in [-0.2, 0) is 14.8 Å². The molecule has 2 aromatic carbocycles. The van der Waals surface area contributed by atoms with Gasteiger partial charge in [0.2, 0.25) is 0 Å². The average molecular weight is 364 g/mol. The van der Waals surface area contributed by atoms with E-state index >= 15 is 0 Å². The number of sulfonamides is 1. The molecule has 0 bridgehead atoms. The largest absolute Gasteiger partial charge is 0.480 e. The average Bonchev–Trinajstić information content (AvgIpc) is 2.54. The number of anilines is 1. The molecule has 2 aromatic rings. The van der Waals surface area contributed by atoms with Gasteiger partial charge in [0.05, 0.1) is 10.6 Å². The van der Waals surface area contributed by atoms with Gasteiger partial charge >= 0.3 is 5.97 Å². The fourth-order valence-electron chi connectivity index (χ4n) is 2.37. The van der Waals surface area contributed by atoms with Crippen LogP contribution in [0.25, 0.3) is 0 Å². The van der Waals surface area contributed by atoms with Crippen molar-refractivity contribution in [2.24, 2.45) is 0 Å². The number of hydrogen-bond acceptors (Lipinski definition) is 5. The van der Waals surface area contributed by atoms with Gasteiger partial charge in [-0.05, 0) is 37.6 Å². The first-order valence-electron chi connectivity index (χ1n) is 7.23. The second-order valence-corrected chi connectivity index (χ2v) is 7.16. The first-order chi connectivity index (χ1) is 11.7. The summed E-state index contributed by atoms with van der Waals surface area (Å²) in [6.07, 6.45) is 0. The van der Waals surface area contributed by atoms with Gasteiger partial charge in [-0.3, -0.25) is 14.4 Å². The van der Waals surface area contributed by atoms with Gasteiger partial charge in [0, 0.05) is 6.07 Å². The number of carbonyl (C=O) groups is 1. The quantitative estimate of drug-likeness (QED) is 0.622. The van der Waals surface area contributed by atoms with Gasteiger partial charge in [0.1, 0.15) is 6.04 Å². The highest BCUT2D eigenvalue weighted by molar-refractivity contribution is 7.93. The first-order valence-corrected chi connectivity index (χ1v) is 8.67. The summed E-state index contributed by atoms with van der Waals surface area (Å²) in [4.78, 5) is 21.3. The van der Waals surface area contributed by atoms with Crippen LogP contribution in [0.4, 0.5) is 11.4 Å². The third-order valence-electron chi connectivity index (χ3n) is 3.56.